The monoisotopic (exact) mass is 319 g/mol. The third kappa shape index (κ3) is 3.20. The minimum atomic E-state index is -0.210. The van der Waals surface area contributed by atoms with Crippen molar-refractivity contribution in [2.24, 2.45) is 11.8 Å². The van der Waals surface area contributed by atoms with E-state index in [4.69, 9.17) is 9.47 Å². The summed E-state index contributed by atoms with van der Waals surface area (Å²) in [5.41, 5.74) is 2.63. The van der Waals surface area contributed by atoms with Crippen LogP contribution in [0.5, 0.6) is 11.5 Å². The average molecular weight is 319 g/mol. The van der Waals surface area contributed by atoms with Crippen LogP contribution in [0.2, 0.25) is 0 Å². The molecule has 1 saturated heterocycles. The van der Waals surface area contributed by atoms with Gasteiger partial charge in [-0.05, 0) is 54.4 Å². The summed E-state index contributed by atoms with van der Waals surface area (Å²) in [6.07, 6.45) is 2.75. The van der Waals surface area contributed by atoms with Gasteiger partial charge in [-0.1, -0.05) is 13.8 Å². The van der Waals surface area contributed by atoms with Gasteiger partial charge in [0.2, 0.25) is 0 Å². The van der Waals surface area contributed by atoms with Crippen molar-refractivity contribution in [2.45, 2.75) is 45.3 Å². The number of benzene rings is 1. The highest BCUT2D eigenvalue weighted by Crippen LogP contribution is 2.43. The fourth-order valence-corrected chi connectivity index (χ4v) is 4.26. The van der Waals surface area contributed by atoms with Gasteiger partial charge in [-0.2, -0.15) is 0 Å². The molecule has 1 fully saturated rings. The Balaban J connectivity index is 1.87. The fourth-order valence-electron chi connectivity index (χ4n) is 4.26. The SMILES string of the molecule is COc1cc2c(cc1OC)[C@H]1CC(O)C(CC(C)C)CN1CC2. The molecule has 0 aliphatic carbocycles. The number of fused-ring (bicyclic) bond motifs is 3. The van der Waals surface area contributed by atoms with Crippen molar-refractivity contribution in [3.63, 3.8) is 0 Å². The van der Waals surface area contributed by atoms with Crippen LogP contribution in [0.15, 0.2) is 12.1 Å². The Morgan fingerprint density at radius 2 is 1.91 bits per heavy atom. The molecule has 3 atom stereocenters. The molecular formula is C19H29NO3. The number of rotatable bonds is 4. The average Bonchev–Trinajstić information content (AvgIpc) is 2.53. The Hall–Kier alpha value is -1.26. The maximum absolute atomic E-state index is 10.6. The molecule has 4 nitrogen and oxygen atoms in total. The largest absolute Gasteiger partial charge is 0.493 e. The summed E-state index contributed by atoms with van der Waals surface area (Å²) in [7, 11) is 3.36. The summed E-state index contributed by atoms with van der Waals surface area (Å²) in [6, 6.07) is 4.52. The van der Waals surface area contributed by atoms with Crippen LogP contribution < -0.4 is 9.47 Å². The van der Waals surface area contributed by atoms with Crippen molar-refractivity contribution < 1.29 is 14.6 Å². The summed E-state index contributed by atoms with van der Waals surface area (Å²) in [5, 5.41) is 10.6. The van der Waals surface area contributed by atoms with Crippen molar-refractivity contribution in [1.82, 2.24) is 4.90 Å². The van der Waals surface area contributed by atoms with Crippen molar-refractivity contribution in [3.05, 3.63) is 23.3 Å². The van der Waals surface area contributed by atoms with Gasteiger partial charge in [0.25, 0.3) is 0 Å². The highest BCUT2D eigenvalue weighted by molar-refractivity contribution is 5.49. The Morgan fingerprint density at radius 3 is 2.57 bits per heavy atom. The molecule has 3 rings (SSSR count). The van der Waals surface area contributed by atoms with E-state index in [2.05, 4.69) is 30.9 Å². The van der Waals surface area contributed by atoms with Crippen LogP contribution in [0.3, 0.4) is 0 Å². The van der Waals surface area contributed by atoms with Gasteiger partial charge < -0.3 is 14.6 Å². The first-order valence-corrected chi connectivity index (χ1v) is 8.70. The molecule has 0 saturated carbocycles. The Labute approximate surface area is 139 Å². The predicted octanol–water partition coefficient (Wildman–Crippen LogP) is 3.03. The highest BCUT2D eigenvalue weighted by atomic mass is 16.5. The van der Waals surface area contributed by atoms with Crippen LogP contribution in [0.4, 0.5) is 0 Å². The number of hydrogen-bond donors (Lipinski definition) is 1. The zero-order valence-electron chi connectivity index (χ0n) is 14.7. The van der Waals surface area contributed by atoms with E-state index in [1.165, 1.54) is 11.1 Å². The molecule has 1 N–H and O–H groups in total. The van der Waals surface area contributed by atoms with Gasteiger partial charge >= 0.3 is 0 Å². The lowest BCUT2D eigenvalue weighted by atomic mass is 9.79. The molecule has 0 aromatic heterocycles. The third-order valence-corrected chi connectivity index (χ3v) is 5.37. The summed E-state index contributed by atoms with van der Waals surface area (Å²) in [5.74, 6) is 2.61. The zero-order valence-corrected chi connectivity index (χ0v) is 14.7. The topological polar surface area (TPSA) is 41.9 Å². The second-order valence-electron chi connectivity index (χ2n) is 7.36. The third-order valence-electron chi connectivity index (χ3n) is 5.37. The fraction of sp³-hybridized carbons (Fsp3) is 0.684. The van der Waals surface area contributed by atoms with Crippen molar-refractivity contribution in [2.75, 3.05) is 27.3 Å². The molecule has 0 radical (unpaired) electrons. The minimum Gasteiger partial charge on any atom is -0.493 e. The molecule has 0 bridgehead atoms. The van der Waals surface area contributed by atoms with Crippen molar-refractivity contribution in [1.29, 1.82) is 0 Å². The maximum Gasteiger partial charge on any atom is 0.161 e. The Bertz CT molecular complexity index is 558. The minimum absolute atomic E-state index is 0.210. The molecule has 1 aromatic carbocycles. The second-order valence-corrected chi connectivity index (χ2v) is 7.36. The lowest BCUT2D eigenvalue weighted by Gasteiger charge is -2.46. The molecule has 128 valence electrons. The van der Waals surface area contributed by atoms with E-state index in [0.717, 1.165) is 43.9 Å². The standard InChI is InChI=1S/C19H29NO3/c1-12(2)7-14-11-20-6-5-13-8-18(22-3)19(23-4)9-15(13)16(20)10-17(14)21/h8-9,12,14,16-17,21H,5-7,10-11H2,1-4H3/t14?,16-,17?/m1/s1. The van der Waals surface area contributed by atoms with E-state index in [0.29, 0.717) is 17.9 Å². The number of aliphatic hydroxyl groups is 1. The second kappa shape index (κ2) is 6.70. The predicted molar refractivity (Wildman–Crippen MR) is 91.1 cm³/mol. The summed E-state index contributed by atoms with van der Waals surface area (Å²) >= 11 is 0. The van der Waals surface area contributed by atoms with Gasteiger partial charge in [-0.15, -0.1) is 0 Å². The molecule has 1 aromatic rings. The van der Waals surface area contributed by atoms with Gasteiger partial charge in [0, 0.05) is 19.1 Å². The number of aliphatic hydroxyl groups excluding tert-OH is 1. The number of methoxy groups -OCH3 is 2. The smallest absolute Gasteiger partial charge is 0.161 e. The van der Waals surface area contributed by atoms with E-state index >= 15 is 0 Å². The molecule has 0 spiro atoms. The van der Waals surface area contributed by atoms with Gasteiger partial charge in [-0.25, -0.2) is 0 Å². The molecule has 4 heteroatoms. The molecule has 23 heavy (non-hydrogen) atoms. The Kier molecular flexibility index (Phi) is 4.83. The zero-order chi connectivity index (χ0) is 16.6. The van der Waals surface area contributed by atoms with Gasteiger partial charge in [0.05, 0.1) is 20.3 Å². The normalized spacial score (nSPS) is 27.5. The maximum atomic E-state index is 10.6. The van der Waals surface area contributed by atoms with E-state index in [1.54, 1.807) is 14.2 Å². The summed E-state index contributed by atoms with van der Waals surface area (Å²) in [6.45, 7) is 6.54. The van der Waals surface area contributed by atoms with Crippen LogP contribution in [-0.2, 0) is 6.42 Å². The number of ether oxygens (including phenoxy) is 2. The van der Waals surface area contributed by atoms with Gasteiger partial charge in [-0.3, -0.25) is 4.90 Å². The number of hydrogen-bond acceptors (Lipinski definition) is 4. The first kappa shape index (κ1) is 16.6. The number of piperidine rings is 1. The van der Waals surface area contributed by atoms with Crippen LogP contribution in [0.1, 0.15) is 43.9 Å². The lowest BCUT2D eigenvalue weighted by molar-refractivity contribution is -0.0191. The molecular weight excluding hydrogens is 290 g/mol. The summed E-state index contributed by atoms with van der Waals surface area (Å²) in [4.78, 5) is 2.55. The van der Waals surface area contributed by atoms with Crippen LogP contribution in [0, 0.1) is 11.8 Å². The number of nitrogens with zero attached hydrogens (tertiary/aromatic N) is 1. The first-order valence-electron chi connectivity index (χ1n) is 8.70. The Morgan fingerprint density at radius 1 is 1.22 bits per heavy atom. The van der Waals surface area contributed by atoms with E-state index in [9.17, 15) is 5.11 Å². The van der Waals surface area contributed by atoms with Crippen molar-refractivity contribution in [3.8, 4) is 11.5 Å². The van der Waals surface area contributed by atoms with E-state index in [1.807, 2.05) is 0 Å². The molecule has 2 aliphatic heterocycles. The molecule has 2 heterocycles. The highest BCUT2D eigenvalue weighted by Gasteiger charge is 2.38. The molecule has 2 aliphatic rings. The first-order chi connectivity index (χ1) is 11.0. The van der Waals surface area contributed by atoms with E-state index < -0.39 is 0 Å². The molecule has 2 unspecified atom stereocenters. The van der Waals surface area contributed by atoms with Crippen LogP contribution in [-0.4, -0.2) is 43.4 Å². The lowest BCUT2D eigenvalue weighted by Crippen LogP contribution is -2.48. The van der Waals surface area contributed by atoms with Crippen LogP contribution >= 0.6 is 0 Å². The van der Waals surface area contributed by atoms with Gasteiger partial charge in [0.1, 0.15) is 0 Å². The van der Waals surface area contributed by atoms with Crippen molar-refractivity contribution >= 4 is 0 Å². The summed E-state index contributed by atoms with van der Waals surface area (Å²) < 4.78 is 10.9. The van der Waals surface area contributed by atoms with Crippen LogP contribution in [0.25, 0.3) is 0 Å². The van der Waals surface area contributed by atoms with Gasteiger partial charge in [0.15, 0.2) is 11.5 Å². The van der Waals surface area contributed by atoms with E-state index in [-0.39, 0.29) is 6.10 Å². The quantitative estimate of drug-likeness (QED) is 0.926. The molecule has 0 amide bonds.